The Balaban J connectivity index is 0.902. The Labute approximate surface area is 425 Å². The van der Waals surface area contributed by atoms with Gasteiger partial charge in [0.1, 0.15) is 11.2 Å². The SMILES string of the molecule is c1ccc(-c2ccc(-c3ccc4cc(N(c5ccc(-c6cccc7c6oc6ccccc67)cc5)c5cccc(-c6cccc7c6-c6ccccc6C7(c6ccccc6)c6ccccc6)c5)ccc4c3)cc2)cc1. The largest absolute Gasteiger partial charge is 0.455 e. The lowest BCUT2D eigenvalue weighted by atomic mass is 9.67. The monoisotopic (exact) mass is 929 g/mol. The fourth-order valence-corrected chi connectivity index (χ4v) is 11.8. The Bertz CT molecular complexity index is 4130. The maximum absolute atomic E-state index is 6.52. The van der Waals surface area contributed by atoms with Crippen LogP contribution in [0.1, 0.15) is 22.3 Å². The van der Waals surface area contributed by atoms with Gasteiger partial charge in [0.25, 0.3) is 0 Å². The van der Waals surface area contributed by atoms with E-state index in [9.17, 15) is 0 Å². The van der Waals surface area contributed by atoms with Gasteiger partial charge in [-0.25, -0.2) is 0 Å². The van der Waals surface area contributed by atoms with Gasteiger partial charge in [-0.05, 0) is 132 Å². The molecule has 0 N–H and O–H groups in total. The molecule has 1 aromatic heterocycles. The van der Waals surface area contributed by atoms with Gasteiger partial charge in [0, 0.05) is 33.4 Å². The fraction of sp³-hybridized carbons (Fsp3) is 0.0141. The number of nitrogens with zero attached hydrogens (tertiary/aromatic N) is 1. The van der Waals surface area contributed by atoms with Crippen molar-refractivity contribution in [1.82, 2.24) is 0 Å². The number of hydrogen-bond acceptors (Lipinski definition) is 2. The van der Waals surface area contributed by atoms with Gasteiger partial charge in [-0.3, -0.25) is 0 Å². The van der Waals surface area contributed by atoms with Crippen molar-refractivity contribution in [2.45, 2.75) is 5.41 Å². The highest BCUT2D eigenvalue weighted by molar-refractivity contribution is 6.09. The van der Waals surface area contributed by atoms with Crippen LogP contribution in [-0.2, 0) is 5.41 Å². The zero-order valence-corrected chi connectivity index (χ0v) is 40.0. The van der Waals surface area contributed by atoms with Gasteiger partial charge in [0.15, 0.2) is 0 Å². The smallest absolute Gasteiger partial charge is 0.143 e. The van der Waals surface area contributed by atoms with Crippen molar-refractivity contribution >= 4 is 49.8 Å². The van der Waals surface area contributed by atoms with E-state index in [0.717, 1.165) is 55.7 Å². The van der Waals surface area contributed by atoms with Crippen molar-refractivity contribution in [1.29, 1.82) is 0 Å². The van der Waals surface area contributed by atoms with E-state index in [2.05, 4.69) is 278 Å². The maximum atomic E-state index is 6.52. The molecule has 0 fully saturated rings. The summed E-state index contributed by atoms with van der Waals surface area (Å²) in [5.41, 5.74) is 21.5. The predicted molar refractivity (Wildman–Crippen MR) is 305 cm³/mol. The summed E-state index contributed by atoms with van der Waals surface area (Å²) in [6.45, 7) is 0. The minimum atomic E-state index is -0.487. The van der Waals surface area contributed by atoms with Crippen molar-refractivity contribution in [3.63, 3.8) is 0 Å². The van der Waals surface area contributed by atoms with Crippen LogP contribution in [0.4, 0.5) is 17.1 Å². The highest BCUT2D eigenvalue weighted by Gasteiger charge is 2.46. The van der Waals surface area contributed by atoms with Crippen LogP contribution in [-0.4, -0.2) is 0 Å². The van der Waals surface area contributed by atoms with Gasteiger partial charge in [-0.2, -0.15) is 0 Å². The number of hydrogen-bond donors (Lipinski definition) is 0. The van der Waals surface area contributed by atoms with E-state index in [0.29, 0.717) is 0 Å². The Morgan fingerprint density at radius 2 is 0.795 bits per heavy atom. The van der Waals surface area contributed by atoms with Crippen LogP contribution in [0.2, 0.25) is 0 Å². The Kier molecular flexibility index (Phi) is 10.1. The zero-order chi connectivity index (χ0) is 48.3. The molecule has 0 saturated carbocycles. The van der Waals surface area contributed by atoms with E-state index in [1.54, 1.807) is 0 Å². The summed E-state index contributed by atoms with van der Waals surface area (Å²) < 4.78 is 6.52. The molecule has 0 unspecified atom stereocenters. The number of para-hydroxylation sites is 2. The van der Waals surface area contributed by atoms with Crippen molar-refractivity contribution in [3.8, 4) is 55.6 Å². The van der Waals surface area contributed by atoms with E-state index in [-0.39, 0.29) is 0 Å². The van der Waals surface area contributed by atoms with E-state index < -0.39 is 5.41 Å². The minimum Gasteiger partial charge on any atom is -0.455 e. The summed E-state index contributed by atoms with van der Waals surface area (Å²) in [6, 6.07) is 104. The number of benzene rings is 12. The average Bonchev–Trinajstić information content (AvgIpc) is 4.06. The van der Waals surface area contributed by atoms with Crippen LogP contribution in [0, 0.1) is 0 Å². The molecular weight excluding hydrogens is 883 g/mol. The first-order valence-corrected chi connectivity index (χ1v) is 25.1. The molecule has 2 nitrogen and oxygen atoms in total. The molecule has 1 heterocycles. The number of fused-ring (bicyclic) bond motifs is 7. The highest BCUT2D eigenvalue weighted by Crippen LogP contribution is 2.58. The summed E-state index contributed by atoms with van der Waals surface area (Å²) in [5, 5.41) is 4.62. The van der Waals surface area contributed by atoms with Crippen molar-refractivity contribution in [2.24, 2.45) is 0 Å². The number of furan rings is 1. The van der Waals surface area contributed by atoms with Gasteiger partial charge < -0.3 is 9.32 Å². The average molecular weight is 930 g/mol. The first kappa shape index (κ1) is 42.4. The summed E-state index contributed by atoms with van der Waals surface area (Å²) >= 11 is 0. The molecule has 0 bridgehead atoms. The first-order chi connectivity index (χ1) is 36.2. The Morgan fingerprint density at radius 3 is 1.58 bits per heavy atom. The Morgan fingerprint density at radius 1 is 0.288 bits per heavy atom. The zero-order valence-electron chi connectivity index (χ0n) is 40.0. The van der Waals surface area contributed by atoms with Gasteiger partial charge in [0.2, 0.25) is 0 Å². The highest BCUT2D eigenvalue weighted by atomic mass is 16.3. The molecule has 73 heavy (non-hydrogen) atoms. The third-order valence-corrected chi connectivity index (χ3v) is 15.1. The van der Waals surface area contributed by atoms with Gasteiger partial charge in [-0.15, -0.1) is 0 Å². The van der Waals surface area contributed by atoms with Crippen LogP contribution in [0.5, 0.6) is 0 Å². The molecule has 0 radical (unpaired) electrons. The standard InChI is InChI=1S/C71H47NO/c1-4-17-48(18-5-1)49-33-35-50(36-34-49)52-37-38-54-46-60(44-41-53(54)45-52)72(58-42-39-51(40-43-58)62-28-15-29-64-63-25-11-13-32-68(63)73-70(62)64)59-24-14-19-55(47-59)61-27-16-31-67-69(61)65-26-10-12-30-66(65)71(67,56-20-6-2-7-21-56)57-22-8-3-9-23-57/h1-47H. The van der Waals surface area contributed by atoms with Crippen LogP contribution in [0.25, 0.3) is 88.3 Å². The molecule has 0 aliphatic heterocycles. The second kappa shape index (κ2) is 17.4. The lowest BCUT2D eigenvalue weighted by Gasteiger charge is -2.34. The molecular formula is C71H47NO. The van der Waals surface area contributed by atoms with E-state index >= 15 is 0 Å². The lowest BCUT2D eigenvalue weighted by molar-refractivity contribution is 0.670. The van der Waals surface area contributed by atoms with Crippen molar-refractivity contribution in [2.75, 3.05) is 4.90 Å². The van der Waals surface area contributed by atoms with Crippen LogP contribution < -0.4 is 4.90 Å². The topological polar surface area (TPSA) is 16.4 Å². The molecule has 0 atom stereocenters. The van der Waals surface area contributed by atoms with E-state index in [4.69, 9.17) is 4.42 Å². The molecule has 342 valence electrons. The van der Waals surface area contributed by atoms with Gasteiger partial charge in [-0.1, -0.05) is 237 Å². The normalized spacial score (nSPS) is 12.5. The lowest BCUT2D eigenvalue weighted by Crippen LogP contribution is -2.28. The second-order valence-corrected chi connectivity index (χ2v) is 19.2. The third kappa shape index (κ3) is 7.02. The van der Waals surface area contributed by atoms with Crippen LogP contribution in [0.15, 0.2) is 290 Å². The van der Waals surface area contributed by atoms with Gasteiger partial charge >= 0.3 is 0 Å². The predicted octanol–water partition coefficient (Wildman–Crippen LogP) is 19.2. The molecule has 13 aromatic rings. The van der Waals surface area contributed by atoms with E-state index in [1.807, 2.05) is 12.1 Å². The molecule has 14 rings (SSSR count). The summed E-state index contributed by atoms with van der Waals surface area (Å²) in [5.74, 6) is 0. The van der Waals surface area contributed by atoms with Crippen LogP contribution >= 0.6 is 0 Å². The minimum absolute atomic E-state index is 0.487. The summed E-state index contributed by atoms with van der Waals surface area (Å²) in [4.78, 5) is 2.40. The Hall–Kier alpha value is -9.50. The van der Waals surface area contributed by atoms with Gasteiger partial charge in [0.05, 0.1) is 5.41 Å². The molecule has 2 heteroatoms. The second-order valence-electron chi connectivity index (χ2n) is 19.2. The maximum Gasteiger partial charge on any atom is 0.143 e. The fourth-order valence-electron chi connectivity index (χ4n) is 11.8. The number of rotatable bonds is 9. The molecule has 0 spiro atoms. The molecule has 12 aromatic carbocycles. The van der Waals surface area contributed by atoms with Crippen molar-refractivity contribution < 1.29 is 4.42 Å². The van der Waals surface area contributed by atoms with Crippen LogP contribution in [0.3, 0.4) is 0 Å². The molecule has 1 aliphatic carbocycles. The summed E-state index contributed by atoms with van der Waals surface area (Å²) in [7, 11) is 0. The quantitative estimate of drug-likeness (QED) is 0.143. The first-order valence-electron chi connectivity index (χ1n) is 25.1. The third-order valence-electron chi connectivity index (χ3n) is 15.1. The summed E-state index contributed by atoms with van der Waals surface area (Å²) in [6.07, 6.45) is 0. The molecule has 1 aliphatic rings. The van der Waals surface area contributed by atoms with Crippen molar-refractivity contribution in [3.05, 3.63) is 307 Å². The van der Waals surface area contributed by atoms with E-state index in [1.165, 1.54) is 72.0 Å². The molecule has 0 saturated heterocycles. The molecule has 0 amide bonds. The number of anilines is 3.